The Morgan fingerprint density at radius 1 is 0.757 bits per heavy atom. The van der Waals surface area contributed by atoms with Gasteiger partial charge in [0.25, 0.3) is 0 Å². The minimum Gasteiger partial charge on any atom is -0.459 e. The van der Waals surface area contributed by atoms with Crippen molar-refractivity contribution in [1.82, 2.24) is 10.1 Å². The Balaban J connectivity index is 1.62. The van der Waals surface area contributed by atoms with Crippen molar-refractivity contribution < 1.29 is 29.5 Å². The number of piperidine rings is 2. The van der Waals surface area contributed by atoms with Crippen LogP contribution in [0.15, 0.2) is 24.3 Å². The second-order valence-corrected chi connectivity index (χ2v) is 12.5. The molecule has 2 aliphatic heterocycles. The summed E-state index contributed by atoms with van der Waals surface area (Å²) in [5.41, 5.74) is 0.246. The van der Waals surface area contributed by atoms with E-state index >= 15 is 0 Å². The summed E-state index contributed by atoms with van der Waals surface area (Å²) in [4.78, 5) is 25.8. The molecule has 0 radical (unpaired) electrons. The number of carbonyl (C=O) groups excluding carboxylic acids is 2. The van der Waals surface area contributed by atoms with E-state index in [0.29, 0.717) is 36.8 Å². The van der Waals surface area contributed by atoms with Crippen molar-refractivity contribution in [2.45, 2.75) is 117 Å². The number of carbonyl (C=O) groups is 2. The Hall–Kier alpha value is -2.00. The van der Waals surface area contributed by atoms with Crippen molar-refractivity contribution in [2.75, 3.05) is 0 Å². The second-order valence-electron chi connectivity index (χ2n) is 12.5. The van der Waals surface area contributed by atoms with Crippen LogP contribution >= 0.6 is 0 Å². The zero-order chi connectivity index (χ0) is 27.7. The van der Waals surface area contributed by atoms with Gasteiger partial charge in [-0.2, -0.15) is 10.1 Å². The molecule has 4 atom stereocenters. The number of hydrogen-bond acceptors (Lipinski definition) is 8. The molecule has 2 N–H and O–H groups in total. The van der Waals surface area contributed by atoms with Gasteiger partial charge in [-0.1, -0.05) is 41.5 Å². The van der Waals surface area contributed by atoms with Crippen molar-refractivity contribution >= 4 is 11.9 Å². The van der Waals surface area contributed by atoms with Crippen LogP contribution < -0.4 is 0 Å². The summed E-state index contributed by atoms with van der Waals surface area (Å²) < 4.78 is 11.7. The lowest BCUT2D eigenvalue weighted by molar-refractivity contribution is -0.235. The highest BCUT2D eigenvalue weighted by Gasteiger charge is 2.43. The maximum Gasteiger partial charge on any atom is 0.338 e. The Morgan fingerprint density at radius 3 is 1.54 bits per heavy atom. The predicted molar refractivity (Wildman–Crippen MR) is 141 cm³/mol. The maximum atomic E-state index is 12.9. The van der Waals surface area contributed by atoms with Crippen molar-refractivity contribution in [3.63, 3.8) is 0 Å². The molecule has 37 heavy (non-hydrogen) atoms. The van der Waals surface area contributed by atoms with Crippen LogP contribution in [-0.4, -0.2) is 68.4 Å². The molecule has 1 aromatic rings. The van der Waals surface area contributed by atoms with E-state index in [1.54, 1.807) is 24.3 Å². The van der Waals surface area contributed by atoms with Gasteiger partial charge in [-0.05, 0) is 55.9 Å². The minimum absolute atomic E-state index is 0.0749. The fraction of sp³-hybridized carbons (Fsp3) is 0.724. The third kappa shape index (κ3) is 6.91. The highest BCUT2D eigenvalue weighted by Crippen LogP contribution is 2.35. The minimum atomic E-state index is -0.499. The molecule has 2 saturated heterocycles. The van der Waals surface area contributed by atoms with E-state index in [0.717, 1.165) is 0 Å². The second kappa shape index (κ2) is 11.8. The molecule has 2 aliphatic rings. The number of hydroxylamine groups is 4. The summed E-state index contributed by atoms with van der Waals surface area (Å²) in [5.74, 6) is -0.205. The lowest BCUT2D eigenvalue weighted by atomic mass is 9.82. The molecule has 8 heteroatoms. The highest BCUT2D eigenvalue weighted by molar-refractivity contribution is 5.93. The molecular formula is C29H46N2O6. The van der Waals surface area contributed by atoms with E-state index in [1.165, 1.54) is 10.1 Å². The summed E-state index contributed by atoms with van der Waals surface area (Å²) in [5, 5.41) is 24.1. The molecule has 0 aliphatic carbocycles. The third-order valence-electron chi connectivity index (χ3n) is 8.07. The number of hydrogen-bond donors (Lipinski definition) is 2. The molecule has 2 heterocycles. The van der Waals surface area contributed by atoms with E-state index in [9.17, 15) is 20.0 Å². The first kappa shape index (κ1) is 29.6. The SMILES string of the molecule is CC(C)C1CC(OC(=O)c2ccc(C(=O)OC3CC(C(C)C)N(O)C(C)(C)C3)cc2)CC(C(C)C)N1O. The molecular weight excluding hydrogens is 472 g/mol. The Morgan fingerprint density at radius 2 is 1.14 bits per heavy atom. The van der Waals surface area contributed by atoms with Crippen LogP contribution in [0.3, 0.4) is 0 Å². The average Bonchev–Trinajstić information content (AvgIpc) is 2.81. The zero-order valence-electron chi connectivity index (χ0n) is 23.7. The fourth-order valence-electron chi connectivity index (χ4n) is 5.73. The van der Waals surface area contributed by atoms with E-state index in [2.05, 4.69) is 27.7 Å². The molecule has 8 nitrogen and oxygen atoms in total. The van der Waals surface area contributed by atoms with E-state index in [-0.39, 0.29) is 48.1 Å². The normalized spacial score (nSPS) is 29.1. The van der Waals surface area contributed by atoms with Crippen LogP contribution in [-0.2, 0) is 9.47 Å². The van der Waals surface area contributed by atoms with Gasteiger partial charge in [-0.25, -0.2) is 9.59 Å². The molecule has 0 saturated carbocycles. The molecule has 0 amide bonds. The van der Waals surface area contributed by atoms with Crippen molar-refractivity contribution in [1.29, 1.82) is 0 Å². The van der Waals surface area contributed by atoms with Gasteiger partial charge in [-0.3, -0.25) is 0 Å². The van der Waals surface area contributed by atoms with Gasteiger partial charge in [0.2, 0.25) is 0 Å². The van der Waals surface area contributed by atoms with Crippen molar-refractivity contribution in [2.24, 2.45) is 17.8 Å². The average molecular weight is 519 g/mol. The largest absolute Gasteiger partial charge is 0.459 e. The fourth-order valence-corrected chi connectivity index (χ4v) is 5.73. The van der Waals surface area contributed by atoms with Gasteiger partial charge in [0.15, 0.2) is 0 Å². The standard InChI is InChI=1S/C29H46N2O6/c1-17(2)24-13-22(14-25(18(3)4)30(24)34)36-27(32)20-9-11-21(12-10-20)28(33)37-23-15-26(19(5)6)31(35)29(7,8)16-23/h9-12,17-19,22-26,34-35H,13-16H2,1-8H3. The summed E-state index contributed by atoms with van der Waals surface area (Å²) in [6, 6.07) is 6.13. The Bertz CT molecular complexity index is 911. The summed E-state index contributed by atoms with van der Waals surface area (Å²) in [7, 11) is 0. The van der Waals surface area contributed by atoms with Crippen LogP contribution in [0.2, 0.25) is 0 Å². The lowest BCUT2D eigenvalue weighted by Gasteiger charge is -2.47. The van der Waals surface area contributed by atoms with Gasteiger partial charge in [0, 0.05) is 49.3 Å². The summed E-state index contributed by atoms with van der Waals surface area (Å²) >= 11 is 0. The van der Waals surface area contributed by atoms with Crippen LogP contribution in [0.4, 0.5) is 0 Å². The first-order valence-corrected chi connectivity index (χ1v) is 13.7. The van der Waals surface area contributed by atoms with Crippen LogP contribution in [0, 0.1) is 17.8 Å². The van der Waals surface area contributed by atoms with Crippen molar-refractivity contribution in [3.8, 4) is 0 Å². The number of rotatable bonds is 7. The molecule has 3 rings (SSSR count). The van der Waals surface area contributed by atoms with Gasteiger partial charge in [-0.15, -0.1) is 0 Å². The van der Waals surface area contributed by atoms with Crippen LogP contribution in [0.25, 0.3) is 0 Å². The Kier molecular flexibility index (Phi) is 9.43. The van der Waals surface area contributed by atoms with E-state index < -0.39 is 17.5 Å². The summed E-state index contributed by atoms with van der Waals surface area (Å²) in [6.45, 7) is 16.2. The summed E-state index contributed by atoms with van der Waals surface area (Å²) in [6.07, 6.45) is 1.67. The smallest absolute Gasteiger partial charge is 0.338 e. The number of nitrogens with zero attached hydrogens (tertiary/aromatic N) is 2. The Labute approximate surface area is 221 Å². The zero-order valence-corrected chi connectivity index (χ0v) is 23.7. The highest BCUT2D eigenvalue weighted by atomic mass is 16.6. The molecule has 4 unspecified atom stereocenters. The lowest BCUT2D eigenvalue weighted by Crippen LogP contribution is -2.57. The number of esters is 2. The van der Waals surface area contributed by atoms with Crippen LogP contribution in [0.5, 0.6) is 0 Å². The van der Waals surface area contributed by atoms with Gasteiger partial charge >= 0.3 is 11.9 Å². The molecule has 1 aromatic carbocycles. The molecule has 2 fully saturated rings. The van der Waals surface area contributed by atoms with Gasteiger partial charge in [0.05, 0.1) is 11.1 Å². The first-order chi connectivity index (χ1) is 17.2. The van der Waals surface area contributed by atoms with E-state index in [4.69, 9.17) is 9.47 Å². The third-order valence-corrected chi connectivity index (χ3v) is 8.07. The van der Waals surface area contributed by atoms with Gasteiger partial charge in [0.1, 0.15) is 12.2 Å². The van der Waals surface area contributed by atoms with Gasteiger partial charge < -0.3 is 19.9 Å². The molecule has 208 valence electrons. The molecule has 0 spiro atoms. The molecule has 0 bridgehead atoms. The number of ether oxygens (including phenoxy) is 2. The number of benzene rings is 1. The van der Waals surface area contributed by atoms with Crippen LogP contribution in [0.1, 0.15) is 102 Å². The maximum absolute atomic E-state index is 12.9. The quantitative estimate of drug-likeness (QED) is 0.453. The monoisotopic (exact) mass is 518 g/mol. The predicted octanol–water partition coefficient (Wildman–Crippen LogP) is 5.56. The van der Waals surface area contributed by atoms with Crippen molar-refractivity contribution in [3.05, 3.63) is 35.4 Å². The topological polar surface area (TPSA) is 99.5 Å². The molecule has 0 aromatic heterocycles. The first-order valence-electron chi connectivity index (χ1n) is 13.7. The van der Waals surface area contributed by atoms with E-state index in [1.807, 2.05) is 27.7 Å².